The van der Waals surface area contributed by atoms with Crippen molar-refractivity contribution in [1.82, 2.24) is 10.6 Å². The van der Waals surface area contributed by atoms with Crippen LogP contribution in [0.4, 0.5) is 0 Å². The van der Waals surface area contributed by atoms with Gasteiger partial charge in [-0.15, -0.1) is 12.3 Å². The van der Waals surface area contributed by atoms with Crippen molar-refractivity contribution in [3.63, 3.8) is 0 Å². The van der Waals surface area contributed by atoms with Crippen LogP contribution in [-0.2, 0) is 14.4 Å². The molecule has 0 radical (unpaired) electrons. The van der Waals surface area contributed by atoms with Crippen LogP contribution in [0.2, 0.25) is 0 Å². The summed E-state index contributed by atoms with van der Waals surface area (Å²) in [6, 6.07) is -2.78. The maximum atomic E-state index is 12.0. The topological polar surface area (TPSA) is 136 Å². The van der Waals surface area contributed by atoms with Gasteiger partial charge in [0.2, 0.25) is 11.8 Å². The summed E-state index contributed by atoms with van der Waals surface area (Å²) in [5, 5.41) is 31.7. The molecule has 0 aliphatic carbocycles. The van der Waals surface area contributed by atoms with Crippen molar-refractivity contribution in [2.75, 3.05) is 6.61 Å². The minimum atomic E-state index is -1.49. The van der Waals surface area contributed by atoms with Gasteiger partial charge in [0, 0.05) is 12.8 Å². The van der Waals surface area contributed by atoms with E-state index in [0.29, 0.717) is 12.8 Å². The molecule has 0 saturated carbocycles. The van der Waals surface area contributed by atoms with Crippen LogP contribution in [0.5, 0.6) is 0 Å². The fourth-order valence-corrected chi connectivity index (χ4v) is 1.96. The van der Waals surface area contributed by atoms with Gasteiger partial charge in [0.05, 0.1) is 12.7 Å². The van der Waals surface area contributed by atoms with Crippen molar-refractivity contribution >= 4 is 17.8 Å². The van der Waals surface area contributed by atoms with Gasteiger partial charge in [0.1, 0.15) is 12.1 Å². The van der Waals surface area contributed by atoms with E-state index in [4.69, 9.17) is 16.6 Å². The first-order valence-corrected chi connectivity index (χ1v) is 7.88. The molecule has 0 fully saturated rings. The molecule has 0 aliphatic heterocycles. The number of aliphatic hydroxyl groups is 2. The summed E-state index contributed by atoms with van der Waals surface area (Å²) in [5.74, 6) is -0.153. The lowest BCUT2D eigenvalue weighted by Gasteiger charge is -2.22. The van der Waals surface area contributed by atoms with Gasteiger partial charge in [-0.05, 0) is 19.8 Å². The lowest BCUT2D eigenvalue weighted by molar-refractivity contribution is -0.144. The van der Waals surface area contributed by atoms with Gasteiger partial charge in [-0.25, -0.2) is 4.79 Å². The molecule has 0 unspecified atom stereocenters. The molecule has 0 heterocycles. The van der Waals surface area contributed by atoms with E-state index in [-0.39, 0.29) is 6.42 Å². The number of terminal acetylenes is 1. The first-order valence-electron chi connectivity index (χ1n) is 7.88. The van der Waals surface area contributed by atoms with Crippen LogP contribution in [0.25, 0.3) is 0 Å². The Morgan fingerprint density at radius 3 is 2.25 bits per heavy atom. The molecule has 0 aliphatic rings. The van der Waals surface area contributed by atoms with Gasteiger partial charge < -0.3 is 26.0 Å². The zero-order valence-electron chi connectivity index (χ0n) is 13.8. The number of rotatable bonds is 12. The Labute approximate surface area is 141 Å². The van der Waals surface area contributed by atoms with Crippen molar-refractivity contribution < 1.29 is 29.7 Å². The highest BCUT2D eigenvalue weighted by Gasteiger charge is 2.29. The van der Waals surface area contributed by atoms with Crippen molar-refractivity contribution in [2.24, 2.45) is 0 Å². The number of aliphatic hydroxyl groups excluding tert-OH is 2. The third kappa shape index (κ3) is 9.12. The minimum absolute atomic E-state index is 0.189. The van der Waals surface area contributed by atoms with Crippen molar-refractivity contribution in [3.8, 4) is 12.3 Å². The molecule has 0 bridgehead atoms. The zero-order valence-corrected chi connectivity index (χ0v) is 13.8. The summed E-state index contributed by atoms with van der Waals surface area (Å²) >= 11 is 0. The van der Waals surface area contributed by atoms with E-state index in [1.54, 1.807) is 0 Å². The summed E-state index contributed by atoms with van der Waals surface area (Å²) in [7, 11) is 0. The van der Waals surface area contributed by atoms with Crippen LogP contribution in [0, 0.1) is 12.3 Å². The Balaban J connectivity index is 4.36. The molecule has 8 heteroatoms. The maximum Gasteiger partial charge on any atom is 0.328 e. The SMILES string of the molecule is C#CCCCCCCC(=O)N[C@H](C(=O)N[C@@H](CO)C(=O)O)[C@@H](C)O. The number of hydrogen-bond acceptors (Lipinski definition) is 5. The molecule has 0 aromatic rings. The summed E-state index contributed by atoms with van der Waals surface area (Å²) in [6.45, 7) is 0.512. The second-order valence-electron chi connectivity index (χ2n) is 5.49. The smallest absolute Gasteiger partial charge is 0.328 e. The molecule has 3 atom stereocenters. The minimum Gasteiger partial charge on any atom is -0.480 e. The van der Waals surface area contributed by atoms with Crippen LogP contribution >= 0.6 is 0 Å². The molecule has 0 aromatic heterocycles. The van der Waals surface area contributed by atoms with Gasteiger partial charge in [0.25, 0.3) is 0 Å². The molecular formula is C16H26N2O6. The predicted octanol–water partition coefficient (Wildman–Crippen LogP) is -0.612. The van der Waals surface area contributed by atoms with E-state index in [9.17, 15) is 19.5 Å². The van der Waals surface area contributed by atoms with E-state index in [0.717, 1.165) is 19.3 Å². The summed E-state index contributed by atoms with van der Waals surface area (Å²) in [5.41, 5.74) is 0. The largest absolute Gasteiger partial charge is 0.480 e. The highest BCUT2D eigenvalue weighted by Crippen LogP contribution is 2.05. The fraction of sp³-hybridized carbons (Fsp3) is 0.688. The number of nitrogens with one attached hydrogen (secondary N) is 2. The third-order valence-corrected chi connectivity index (χ3v) is 3.35. The molecule has 5 N–H and O–H groups in total. The number of aliphatic carboxylic acids is 1. The molecule has 0 rings (SSSR count). The molecular weight excluding hydrogens is 316 g/mol. The van der Waals surface area contributed by atoms with E-state index in [1.807, 2.05) is 0 Å². The van der Waals surface area contributed by atoms with Gasteiger partial charge in [-0.3, -0.25) is 9.59 Å². The quantitative estimate of drug-likeness (QED) is 0.237. The number of carboxylic acid groups (broad SMARTS) is 1. The molecule has 8 nitrogen and oxygen atoms in total. The van der Waals surface area contributed by atoms with Crippen LogP contribution in [-0.4, -0.2) is 57.9 Å². The van der Waals surface area contributed by atoms with Crippen molar-refractivity contribution in [3.05, 3.63) is 0 Å². The van der Waals surface area contributed by atoms with E-state index in [1.165, 1.54) is 6.92 Å². The molecule has 2 amide bonds. The summed E-state index contributed by atoms with van der Waals surface area (Å²) in [6.07, 6.45) is 8.08. The monoisotopic (exact) mass is 342 g/mol. The zero-order chi connectivity index (χ0) is 18.5. The molecule has 136 valence electrons. The second kappa shape index (κ2) is 12.3. The number of amides is 2. The summed E-state index contributed by atoms with van der Waals surface area (Å²) < 4.78 is 0. The fourth-order valence-electron chi connectivity index (χ4n) is 1.96. The van der Waals surface area contributed by atoms with Crippen molar-refractivity contribution in [2.45, 2.75) is 63.6 Å². The first-order chi connectivity index (χ1) is 11.3. The van der Waals surface area contributed by atoms with E-state index >= 15 is 0 Å². The molecule has 0 spiro atoms. The Kier molecular flexibility index (Phi) is 11.2. The Morgan fingerprint density at radius 2 is 1.75 bits per heavy atom. The number of carboxylic acids is 1. The average molecular weight is 342 g/mol. The van der Waals surface area contributed by atoms with Crippen LogP contribution in [0.3, 0.4) is 0 Å². The number of unbranched alkanes of at least 4 members (excludes halogenated alkanes) is 4. The highest BCUT2D eigenvalue weighted by molar-refractivity contribution is 5.90. The predicted molar refractivity (Wildman–Crippen MR) is 86.8 cm³/mol. The maximum absolute atomic E-state index is 12.0. The average Bonchev–Trinajstić information content (AvgIpc) is 2.52. The normalized spacial score (nSPS) is 14.1. The van der Waals surface area contributed by atoms with Gasteiger partial charge in [-0.1, -0.05) is 12.8 Å². The molecule has 24 heavy (non-hydrogen) atoms. The van der Waals surface area contributed by atoms with E-state index in [2.05, 4.69) is 16.6 Å². The number of carbonyl (C=O) groups is 3. The Morgan fingerprint density at radius 1 is 1.12 bits per heavy atom. The molecule has 0 aromatic carbocycles. The number of carbonyl (C=O) groups excluding carboxylic acids is 2. The van der Waals surface area contributed by atoms with Crippen LogP contribution < -0.4 is 10.6 Å². The number of hydrogen-bond donors (Lipinski definition) is 5. The van der Waals surface area contributed by atoms with Gasteiger partial charge >= 0.3 is 5.97 Å². The molecule has 0 saturated heterocycles. The summed E-state index contributed by atoms with van der Waals surface area (Å²) in [4.78, 5) is 34.6. The second-order valence-corrected chi connectivity index (χ2v) is 5.49. The standard InChI is InChI=1S/C16H26N2O6/c1-3-4-5-6-7-8-9-13(21)18-14(11(2)20)15(22)17-12(10-19)16(23)24/h1,11-12,14,19-20H,4-10H2,2H3,(H,17,22)(H,18,21)(H,23,24)/t11-,12+,14+/m1/s1. The Hall–Kier alpha value is -2.11. The van der Waals surface area contributed by atoms with Gasteiger partial charge in [-0.2, -0.15) is 0 Å². The van der Waals surface area contributed by atoms with Crippen LogP contribution in [0.15, 0.2) is 0 Å². The Bertz CT molecular complexity index is 458. The van der Waals surface area contributed by atoms with Crippen LogP contribution in [0.1, 0.15) is 45.4 Å². The van der Waals surface area contributed by atoms with E-state index < -0.39 is 42.6 Å². The highest BCUT2D eigenvalue weighted by atomic mass is 16.4. The lowest BCUT2D eigenvalue weighted by atomic mass is 10.1. The third-order valence-electron chi connectivity index (χ3n) is 3.35. The van der Waals surface area contributed by atoms with Crippen molar-refractivity contribution in [1.29, 1.82) is 0 Å². The lowest BCUT2D eigenvalue weighted by Crippen LogP contribution is -2.56. The van der Waals surface area contributed by atoms with Gasteiger partial charge in [0.15, 0.2) is 0 Å². The first kappa shape index (κ1) is 21.9.